The molecule has 27 heavy (non-hydrogen) atoms. The van der Waals surface area contributed by atoms with Crippen LogP contribution >= 0.6 is 0 Å². The number of carbonyl (C=O) groups excluding carboxylic acids is 2. The minimum Gasteiger partial charge on any atom is -0.452 e. The highest BCUT2D eigenvalue weighted by atomic mass is 32.2. The summed E-state index contributed by atoms with van der Waals surface area (Å²) in [6.07, 6.45) is 0. The van der Waals surface area contributed by atoms with Crippen LogP contribution in [0.2, 0.25) is 0 Å². The summed E-state index contributed by atoms with van der Waals surface area (Å²) in [5.41, 5.74) is 1.55. The number of amides is 1. The van der Waals surface area contributed by atoms with E-state index >= 15 is 0 Å². The Balaban J connectivity index is 2.10. The van der Waals surface area contributed by atoms with Gasteiger partial charge in [0.15, 0.2) is 6.61 Å². The number of likely N-dealkylation sites (N-methyl/N-ethyl adjacent to an activating group) is 1. The van der Waals surface area contributed by atoms with Crippen LogP contribution in [0.25, 0.3) is 0 Å². The van der Waals surface area contributed by atoms with Crippen molar-refractivity contribution in [1.29, 1.82) is 0 Å². The number of esters is 1. The van der Waals surface area contributed by atoms with Crippen molar-refractivity contribution >= 4 is 22.0 Å². The summed E-state index contributed by atoms with van der Waals surface area (Å²) in [7, 11) is -0.888. The zero-order valence-corrected chi connectivity index (χ0v) is 16.4. The molecule has 0 bridgehead atoms. The van der Waals surface area contributed by atoms with Gasteiger partial charge in [-0.1, -0.05) is 12.1 Å². The van der Waals surface area contributed by atoms with E-state index in [0.717, 1.165) is 5.56 Å². The van der Waals surface area contributed by atoms with Crippen LogP contribution in [0.3, 0.4) is 0 Å². The van der Waals surface area contributed by atoms with Crippen LogP contribution in [-0.4, -0.2) is 45.9 Å². The van der Waals surface area contributed by atoms with Crippen LogP contribution in [0.4, 0.5) is 0 Å². The molecule has 7 nitrogen and oxygen atoms in total. The van der Waals surface area contributed by atoms with Crippen LogP contribution < -0.4 is 4.18 Å². The van der Waals surface area contributed by atoms with E-state index in [9.17, 15) is 18.0 Å². The molecule has 2 aromatic carbocycles. The molecule has 0 saturated heterocycles. The predicted molar refractivity (Wildman–Crippen MR) is 99.1 cm³/mol. The fraction of sp³-hybridized carbons (Fsp3) is 0.263. The van der Waals surface area contributed by atoms with Crippen molar-refractivity contribution in [2.45, 2.75) is 18.7 Å². The quantitative estimate of drug-likeness (QED) is 0.554. The van der Waals surface area contributed by atoms with Crippen LogP contribution in [0.1, 0.15) is 21.5 Å². The Morgan fingerprint density at radius 2 is 1.63 bits per heavy atom. The number of hydrogen-bond donors (Lipinski definition) is 0. The maximum Gasteiger partial charge on any atom is 0.339 e. The molecular formula is C19H21NO6S. The molecule has 2 aromatic rings. The largest absolute Gasteiger partial charge is 0.452 e. The van der Waals surface area contributed by atoms with Gasteiger partial charge in [0.2, 0.25) is 0 Å². The van der Waals surface area contributed by atoms with E-state index in [0.29, 0.717) is 5.56 Å². The zero-order chi connectivity index (χ0) is 20.2. The summed E-state index contributed by atoms with van der Waals surface area (Å²) in [5, 5.41) is 0. The second kappa shape index (κ2) is 8.22. The Bertz CT molecular complexity index is 949. The van der Waals surface area contributed by atoms with E-state index in [2.05, 4.69) is 0 Å². The molecule has 2 rings (SSSR count). The number of aryl methyl sites for hydroxylation is 2. The average molecular weight is 391 g/mol. The topological polar surface area (TPSA) is 90.0 Å². The average Bonchev–Trinajstić information content (AvgIpc) is 2.61. The molecule has 0 aromatic heterocycles. The van der Waals surface area contributed by atoms with E-state index in [1.54, 1.807) is 34.0 Å². The standard InChI is InChI=1S/C19H21NO6S/c1-13-5-6-14(2)17(11-13)27(23,24)26-16-9-7-15(8-10-16)19(22)25-12-18(21)20(3)4/h5-11H,12H2,1-4H3. The molecule has 0 N–H and O–H groups in total. The van der Waals surface area contributed by atoms with Crippen molar-refractivity contribution in [3.63, 3.8) is 0 Å². The molecule has 0 fully saturated rings. The van der Waals surface area contributed by atoms with Gasteiger partial charge >= 0.3 is 16.1 Å². The van der Waals surface area contributed by atoms with Crippen LogP contribution in [0, 0.1) is 13.8 Å². The molecule has 0 aliphatic heterocycles. The number of ether oxygens (including phenoxy) is 1. The molecule has 0 unspecified atom stereocenters. The van der Waals surface area contributed by atoms with Crippen LogP contribution in [-0.2, 0) is 19.6 Å². The first-order valence-corrected chi connectivity index (χ1v) is 9.50. The predicted octanol–water partition coefficient (Wildman–Crippen LogP) is 2.32. The molecule has 144 valence electrons. The van der Waals surface area contributed by atoms with Crippen molar-refractivity contribution in [2.75, 3.05) is 20.7 Å². The summed E-state index contributed by atoms with van der Waals surface area (Å²) in [6, 6.07) is 10.5. The number of rotatable bonds is 6. The van der Waals surface area contributed by atoms with Crippen LogP contribution in [0.5, 0.6) is 5.75 Å². The highest BCUT2D eigenvalue weighted by molar-refractivity contribution is 7.87. The molecule has 8 heteroatoms. The summed E-state index contributed by atoms with van der Waals surface area (Å²) in [6.45, 7) is 3.11. The second-order valence-corrected chi connectivity index (χ2v) is 7.71. The molecule has 1 amide bonds. The Hall–Kier alpha value is -2.87. The number of carbonyl (C=O) groups is 2. The third kappa shape index (κ3) is 5.30. The third-order valence-corrected chi connectivity index (χ3v) is 5.12. The van der Waals surface area contributed by atoms with Gasteiger partial charge in [-0.05, 0) is 55.3 Å². The van der Waals surface area contributed by atoms with Crippen molar-refractivity contribution in [3.8, 4) is 5.75 Å². The van der Waals surface area contributed by atoms with Crippen molar-refractivity contribution in [3.05, 3.63) is 59.2 Å². The normalized spacial score (nSPS) is 11.0. The lowest BCUT2D eigenvalue weighted by Gasteiger charge is -2.11. The van der Waals surface area contributed by atoms with E-state index < -0.39 is 16.1 Å². The van der Waals surface area contributed by atoms with Gasteiger partial charge in [-0.3, -0.25) is 4.79 Å². The van der Waals surface area contributed by atoms with Crippen molar-refractivity contribution in [2.24, 2.45) is 0 Å². The van der Waals surface area contributed by atoms with Gasteiger partial charge in [-0.25, -0.2) is 4.79 Å². The lowest BCUT2D eigenvalue weighted by atomic mass is 10.2. The van der Waals surface area contributed by atoms with E-state index in [-0.39, 0.29) is 28.7 Å². The molecular weight excluding hydrogens is 370 g/mol. The minimum absolute atomic E-state index is 0.0665. The molecule has 0 spiro atoms. The minimum atomic E-state index is -4.00. The number of benzene rings is 2. The number of nitrogens with zero attached hydrogens (tertiary/aromatic N) is 1. The Labute approximate surface area is 158 Å². The van der Waals surface area contributed by atoms with Gasteiger partial charge in [0.1, 0.15) is 10.6 Å². The molecule has 0 radical (unpaired) electrons. The summed E-state index contributed by atoms with van der Waals surface area (Å²) in [5.74, 6) is -0.964. The van der Waals surface area contributed by atoms with Gasteiger partial charge < -0.3 is 13.8 Å². The van der Waals surface area contributed by atoms with Crippen LogP contribution in [0.15, 0.2) is 47.4 Å². The van der Waals surface area contributed by atoms with Gasteiger partial charge in [-0.2, -0.15) is 8.42 Å². The van der Waals surface area contributed by atoms with Gasteiger partial charge in [0.05, 0.1) is 5.56 Å². The highest BCUT2D eigenvalue weighted by Crippen LogP contribution is 2.22. The third-order valence-electron chi connectivity index (χ3n) is 3.73. The fourth-order valence-corrected chi connectivity index (χ4v) is 3.38. The first-order chi connectivity index (χ1) is 12.6. The molecule has 0 atom stereocenters. The van der Waals surface area contributed by atoms with E-state index in [4.69, 9.17) is 8.92 Å². The monoisotopic (exact) mass is 391 g/mol. The van der Waals surface area contributed by atoms with Crippen molar-refractivity contribution < 1.29 is 26.9 Å². The summed E-state index contributed by atoms with van der Waals surface area (Å²) < 4.78 is 35.0. The number of hydrogen-bond acceptors (Lipinski definition) is 6. The molecule has 0 saturated carbocycles. The first kappa shape index (κ1) is 20.4. The smallest absolute Gasteiger partial charge is 0.339 e. The fourth-order valence-electron chi connectivity index (χ4n) is 2.13. The first-order valence-electron chi connectivity index (χ1n) is 8.09. The van der Waals surface area contributed by atoms with E-state index in [1.165, 1.54) is 35.2 Å². The molecule has 0 aliphatic carbocycles. The maximum atomic E-state index is 12.5. The highest BCUT2D eigenvalue weighted by Gasteiger charge is 2.20. The van der Waals surface area contributed by atoms with Gasteiger partial charge in [0, 0.05) is 14.1 Å². The second-order valence-electron chi connectivity index (χ2n) is 6.20. The Morgan fingerprint density at radius 1 is 1.00 bits per heavy atom. The maximum absolute atomic E-state index is 12.5. The zero-order valence-electron chi connectivity index (χ0n) is 15.6. The lowest BCUT2D eigenvalue weighted by molar-refractivity contribution is -0.131. The van der Waals surface area contributed by atoms with E-state index in [1.807, 2.05) is 6.07 Å². The Morgan fingerprint density at radius 3 is 2.22 bits per heavy atom. The SMILES string of the molecule is Cc1ccc(C)c(S(=O)(=O)Oc2ccc(C(=O)OCC(=O)N(C)C)cc2)c1. The van der Waals surface area contributed by atoms with Gasteiger partial charge in [-0.15, -0.1) is 0 Å². The Kier molecular flexibility index (Phi) is 6.22. The summed E-state index contributed by atoms with van der Waals surface area (Å²) in [4.78, 5) is 24.8. The molecule has 0 heterocycles. The van der Waals surface area contributed by atoms with Crippen molar-refractivity contribution in [1.82, 2.24) is 4.90 Å². The molecule has 0 aliphatic rings. The summed E-state index contributed by atoms with van der Waals surface area (Å²) >= 11 is 0. The lowest BCUT2D eigenvalue weighted by Crippen LogP contribution is -2.27. The van der Waals surface area contributed by atoms with Gasteiger partial charge in [0.25, 0.3) is 5.91 Å².